The highest BCUT2D eigenvalue weighted by Crippen LogP contribution is 2.22. The lowest BCUT2D eigenvalue weighted by atomic mass is 10.3. The Hall–Kier alpha value is -1.62. The van der Waals surface area contributed by atoms with Crippen LogP contribution < -0.4 is 11.3 Å². The van der Waals surface area contributed by atoms with Gasteiger partial charge in [-0.3, -0.25) is 5.84 Å². The fourth-order valence-electron chi connectivity index (χ4n) is 0.853. The molecule has 0 aliphatic rings. The van der Waals surface area contributed by atoms with Gasteiger partial charge in [0.25, 0.3) is 4.92 Å². The molecular formula is C7H10N3O2+. The van der Waals surface area contributed by atoms with E-state index >= 15 is 0 Å². The Morgan fingerprint density at radius 3 is 2.75 bits per heavy atom. The first kappa shape index (κ1) is 8.48. The van der Waals surface area contributed by atoms with Crippen LogP contribution in [-0.4, -0.2) is 12.0 Å². The Bertz CT molecular complexity index is 288. The van der Waals surface area contributed by atoms with Crippen molar-refractivity contribution in [2.75, 3.05) is 12.5 Å². The molecule has 64 valence electrons. The lowest BCUT2D eigenvalue weighted by Gasteiger charge is -1.97. The summed E-state index contributed by atoms with van der Waals surface area (Å²) < 4.78 is 0. The van der Waals surface area contributed by atoms with Crippen molar-refractivity contribution >= 4 is 11.4 Å². The van der Waals surface area contributed by atoms with Gasteiger partial charge < -0.3 is 5.43 Å². The van der Waals surface area contributed by atoms with E-state index in [-0.39, 0.29) is 0 Å². The van der Waals surface area contributed by atoms with Crippen LogP contribution in [0.5, 0.6) is 0 Å². The third-order valence-corrected chi connectivity index (χ3v) is 1.42. The van der Waals surface area contributed by atoms with Gasteiger partial charge in [-0.2, -0.15) is 0 Å². The summed E-state index contributed by atoms with van der Waals surface area (Å²) >= 11 is 0. The Labute approximate surface area is 69.6 Å². The molecule has 0 saturated heterocycles. The molecule has 0 bridgehead atoms. The monoisotopic (exact) mass is 168 g/mol. The van der Waals surface area contributed by atoms with Crippen LogP contribution in [0.4, 0.5) is 11.4 Å². The molecule has 3 N–H and O–H groups in total. The van der Waals surface area contributed by atoms with Gasteiger partial charge in [-0.05, 0) is 6.07 Å². The Morgan fingerprint density at radius 2 is 2.17 bits per heavy atom. The van der Waals surface area contributed by atoms with Gasteiger partial charge in [-0.1, -0.05) is 12.1 Å². The summed E-state index contributed by atoms with van der Waals surface area (Å²) in [6.07, 6.45) is 0. The van der Waals surface area contributed by atoms with Gasteiger partial charge in [-0.25, -0.2) is 4.84 Å². The standard InChI is InChI=1S/C7H10N3O2/c1-12-10(11)7-5-3-2-4-6(7)9-8/h2-5,9H,8H2,1H3/q+1. The number of hydrazine groups is 1. The van der Waals surface area contributed by atoms with E-state index in [1.165, 1.54) is 7.11 Å². The minimum Gasteiger partial charge on any atom is -0.318 e. The number of benzene rings is 1. The number of rotatable bonds is 3. The van der Waals surface area contributed by atoms with Gasteiger partial charge in [0.15, 0.2) is 7.11 Å². The average molecular weight is 168 g/mol. The number of anilines is 1. The van der Waals surface area contributed by atoms with Crippen molar-refractivity contribution < 1.29 is 9.76 Å². The fraction of sp³-hybridized carbons (Fsp3) is 0.143. The van der Waals surface area contributed by atoms with E-state index < -0.39 is 0 Å². The van der Waals surface area contributed by atoms with Crippen LogP contribution in [0.3, 0.4) is 0 Å². The highest BCUT2D eigenvalue weighted by atomic mass is 16.8. The van der Waals surface area contributed by atoms with Crippen LogP contribution in [-0.2, 0) is 4.84 Å². The summed E-state index contributed by atoms with van der Waals surface area (Å²) in [6, 6.07) is 6.77. The number of para-hydroxylation sites is 2. The molecular weight excluding hydrogens is 158 g/mol. The van der Waals surface area contributed by atoms with E-state index in [0.717, 1.165) is 0 Å². The summed E-state index contributed by atoms with van der Waals surface area (Å²) in [5.41, 5.74) is 3.26. The zero-order chi connectivity index (χ0) is 8.97. The third-order valence-electron chi connectivity index (χ3n) is 1.42. The van der Waals surface area contributed by atoms with Crippen LogP contribution in [0.1, 0.15) is 0 Å². The van der Waals surface area contributed by atoms with Gasteiger partial charge in [0.05, 0.1) is 4.91 Å². The molecule has 0 saturated carbocycles. The Kier molecular flexibility index (Phi) is 2.60. The predicted molar refractivity (Wildman–Crippen MR) is 44.5 cm³/mol. The number of nitrogens with zero attached hydrogens (tertiary/aromatic N) is 1. The molecule has 0 spiro atoms. The second-order valence-electron chi connectivity index (χ2n) is 2.10. The predicted octanol–water partition coefficient (Wildman–Crippen LogP) is 0.944. The maximum Gasteiger partial charge on any atom is 0.340 e. The molecule has 1 rings (SSSR count). The van der Waals surface area contributed by atoms with E-state index in [4.69, 9.17) is 5.84 Å². The first-order valence-electron chi connectivity index (χ1n) is 3.36. The molecule has 1 aromatic carbocycles. The molecule has 0 atom stereocenters. The maximum absolute atomic E-state index is 11.0. The summed E-state index contributed by atoms with van der Waals surface area (Å²) in [5.74, 6) is 5.17. The first-order chi connectivity index (χ1) is 5.79. The number of hydrogen-bond acceptors (Lipinski definition) is 4. The van der Waals surface area contributed by atoms with Crippen molar-refractivity contribution in [2.45, 2.75) is 0 Å². The van der Waals surface area contributed by atoms with E-state index in [2.05, 4.69) is 10.3 Å². The Balaban J connectivity index is 3.04. The minimum absolute atomic E-state index is 0.350. The molecule has 0 aliphatic heterocycles. The molecule has 0 heterocycles. The molecule has 0 fully saturated rings. The van der Waals surface area contributed by atoms with Crippen molar-refractivity contribution in [2.24, 2.45) is 5.84 Å². The maximum atomic E-state index is 11.0. The quantitative estimate of drug-likeness (QED) is 0.520. The zero-order valence-corrected chi connectivity index (χ0v) is 6.65. The average Bonchev–Trinajstić information content (AvgIpc) is 2.16. The summed E-state index contributed by atoms with van der Waals surface area (Å²) in [6.45, 7) is 0. The zero-order valence-electron chi connectivity index (χ0n) is 6.65. The van der Waals surface area contributed by atoms with Crippen molar-refractivity contribution in [3.05, 3.63) is 29.2 Å². The van der Waals surface area contributed by atoms with Gasteiger partial charge in [0.2, 0.25) is 0 Å². The van der Waals surface area contributed by atoms with Crippen LogP contribution >= 0.6 is 0 Å². The number of nitrogens with two attached hydrogens (primary N) is 1. The smallest absolute Gasteiger partial charge is 0.318 e. The van der Waals surface area contributed by atoms with Gasteiger partial charge in [0, 0.05) is 6.07 Å². The molecule has 0 unspecified atom stereocenters. The number of nitrogens with one attached hydrogen (secondary N) is 1. The van der Waals surface area contributed by atoms with Crippen LogP contribution in [0.2, 0.25) is 0 Å². The van der Waals surface area contributed by atoms with E-state index in [1.54, 1.807) is 24.3 Å². The van der Waals surface area contributed by atoms with E-state index in [0.29, 0.717) is 16.3 Å². The topological polar surface area (TPSA) is 67.4 Å². The largest absolute Gasteiger partial charge is 0.340 e. The van der Waals surface area contributed by atoms with E-state index in [9.17, 15) is 4.91 Å². The van der Waals surface area contributed by atoms with Crippen molar-refractivity contribution in [3.63, 3.8) is 0 Å². The van der Waals surface area contributed by atoms with Crippen molar-refractivity contribution in [1.82, 2.24) is 0 Å². The molecule has 5 heteroatoms. The molecule has 0 radical (unpaired) electrons. The van der Waals surface area contributed by atoms with E-state index in [1.807, 2.05) is 0 Å². The summed E-state index contributed by atoms with van der Waals surface area (Å²) in [7, 11) is 1.29. The molecule has 1 aromatic rings. The molecule has 5 nitrogen and oxygen atoms in total. The van der Waals surface area contributed by atoms with Crippen LogP contribution in [0.25, 0.3) is 0 Å². The molecule has 12 heavy (non-hydrogen) atoms. The first-order valence-corrected chi connectivity index (χ1v) is 3.36. The normalized spacial score (nSPS) is 9.17. The van der Waals surface area contributed by atoms with Gasteiger partial charge in [-0.15, -0.1) is 0 Å². The highest BCUT2D eigenvalue weighted by Gasteiger charge is 2.18. The second-order valence-corrected chi connectivity index (χ2v) is 2.10. The number of nitrogen functional groups attached to an aromatic ring is 1. The summed E-state index contributed by atoms with van der Waals surface area (Å²) in [4.78, 5) is 15.8. The lowest BCUT2D eigenvalue weighted by molar-refractivity contribution is -0.736. The molecule has 0 aliphatic carbocycles. The van der Waals surface area contributed by atoms with Crippen molar-refractivity contribution in [3.8, 4) is 0 Å². The van der Waals surface area contributed by atoms with Crippen LogP contribution in [0, 0.1) is 4.91 Å². The van der Waals surface area contributed by atoms with Crippen LogP contribution in [0.15, 0.2) is 24.3 Å². The molecule has 0 amide bonds. The lowest BCUT2D eigenvalue weighted by Crippen LogP contribution is -2.10. The Morgan fingerprint density at radius 1 is 1.50 bits per heavy atom. The fourth-order valence-corrected chi connectivity index (χ4v) is 0.853. The van der Waals surface area contributed by atoms with Crippen molar-refractivity contribution in [1.29, 1.82) is 0 Å². The highest BCUT2D eigenvalue weighted by molar-refractivity contribution is 5.59. The number of hydrogen-bond donors (Lipinski definition) is 2. The minimum atomic E-state index is 0.350. The second kappa shape index (κ2) is 3.68. The molecule has 0 aromatic heterocycles. The van der Waals surface area contributed by atoms with Gasteiger partial charge in [0.1, 0.15) is 5.69 Å². The third kappa shape index (κ3) is 1.51. The summed E-state index contributed by atoms with van der Waals surface area (Å²) in [5, 5.41) is 0. The van der Waals surface area contributed by atoms with Gasteiger partial charge >= 0.3 is 5.69 Å². The SMILES string of the molecule is CO[N+](=O)c1ccccc1NN.